The predicted octanol–water partition coefficient (Wildman–Crippen LogP) is 6.37. The molecule has 2 aromatic carbocycles. The molecule has 0 fully saturated rings. The fourth-order valence-electron chi connectivity index (χ4n) is 3.22. The second-order valence-electron chi connectivity index (χ2n) is 7.62. The minimum absolute atomic E-state index is 0.113. The van der Waals surface area contributed by atoms with Gasteiger partial charge in [0, 0.05) is 12.8 Å². The molecule has 0 atom stereocenters. The molecule has 0 saturated carbocycles. The molecule has 2 aromatic rings. The van der Waals surface area contributed by atoms with Gasteiger partial charge in [0.05, 0.1) is 0 Å². The topological polar surface area (TPSA) is 52.6 Å². The Balaban J connectivity index is 1.34. The Morgan fingerprint density at radius 1 is 0.500 bits per heavy atom. The molecule has 0 aliphatic heterocycles. The fourth-order valence-corrected chi connectivity index (χ4v) is 3.22. The molecule has 2 rings (SSSR count). The van der Waals surface area contributed by atoms with Crippen molar-refractivity contribution in [3.8, 4) is 0 Å². The first kappa shape index (κ1) is 23.7. The molecule has 0 aliphatic rings. The molecule has 0 unspecified atom stereocenters. The van der Waals surface area contributed by atoms with E-state index in [0.29, 0.717) is 26.1 Å². The Kier molecular flexibility index (Phi) is 12.0. The van der Waals surface area contributed by atoms with E-state index in [1.807, 2.05) is 60.7 Å². The van der Waals surface area contributed by atoms with Gasteiger partial charge in [-0.25, -0.2) is 0 Å². The predicted molar refractivity (Wildman–Crippen MR) is 119 cm³/mol. The van der Waals surface area contributed by atoms with Crippen molar-refractivity contribution in [3.05, 3.63) is 71.8 Å². The lowest BCUT2D eigenvalue weighted by Gasteiger charge is -2.06. The second-order valence-corrected chi connectivity index (χ2v) is 7.62. The maximum atomic E-state index is 11.7. The maximum absolute atomic E-state index is 11.7. The van der Waals surface area contributed by atoms with Crippen LogP contribution < -0.4 is 0 Å². The molecule has 162 valence electrons. The maximum Gasteiger partial charge on any atom is 0.306 e. The van der Waals surface area contributed by atoms with Crippen LogP contribution in [0.1, 0.15) is 75.3 Å². The number of hydrogen-bond acceptors (Lipinski definition) is 4. The van der Waals surface area contributed by atoms with Gasteiger partial charge < -0.3 is 9.47 Å². The summed E-state index contributed by atoms with van der Waals surface area (Å²) < 4.78 is 10.6. The Labute approximate surface area is 180 Å². The summed E-state index contributed by atoms with van der Waals surface area (Å²) in [7, 11) is 0. The van der Waals surface area contributed by atoms with E-state index < -0.39 is 0 Å². The Morgan fingerprint density at radius 2 is 0.833 bits per heavy atom. The van der Waals surface area contributed by atoms with Crippen LogP contribution in [0, 0.1) is 0 Å². The molecule has 0 aromatic heterocycles. The normalized spacial score (nSPS) is 10.5. The number of hydrogen-bond donors (Lipinski definition) is 0. The third-order valence-corrected chi connectivity index (χ3v) is 5.00. The molecular formula is C26H34O4. The highest BCUT2D eigenvalue weighted by molar-refractivity contribution is 5.69. The van der Waals surface area contributed by atoms with Gasteiger partial charge in [-0.3, -0.25) is 9.59 Å². The van der Waals surface area contributed by atoms with Gasteiger partial charge in [-0.15, -0.1) is 0 Å². The van der Waals surface area contributed by atoms with Crippen LogP contribution >= 0.6 is 0 Å². The van der Waals surface area contributed by atoms with Crippen LogP contribution in [-0.4, -0.2) is 11.9 Å². The van der Waals surface area contributed by atoms with E-state index in [0.717, 1.165) is 49.7 Å². The van der Waals surface area contributed by atoms with E-state index >= 15 is 0 Å². The highest BCUT2D eigenvalue weighted by Crippen LogP contribution is 2.12. The van der Waals surface area contributed by atoms with Gasteiger partial charge in [0.1, 0.15) is 13.2 Å². The Morgan fingerprint density at radius 3 is 1.20 bits per heavy atom. The van der Waals surface area contributed by atoms with Gasteiger partial charge in [-0.1, -0.05) is 99.2 Å². The van der Waals surface area contributed by atoms with Crippen LogP contribution in [0.4, 0.5) is 0 Å². The average Bonchev–Trinajstić information content (AvgIpc) is 2.79. The molecule has 0 spiro atoms. The largest absolute Gasteiger partial charge is 0.461 e. The molecular weight excluding hydrogens is 376 g/mol. The third-order valence-electron chi connectivity index (χ3n) is 5.00. The third kappa shape index (κ3) is 11.4. The van der Waals surface area contributed by atoms with Gasteiger partial charge in [0.25, 0.3) is 0 Å². The fraction of sp³-hybridized carbons (Fsp3) is 0.462. The summed E-state index contributed by atoms with van der Waals surface area (Å²) >= 11 is 0. The van der Waals surface area contributed by atoms with Gasteiger partial charge in [-0.2, -0.15) is 0 Å². The monoisotopic (exact) mass is 410 g/mol. The smallest absolute Gasteiger partial charge is 0.306 e. The highest BCUT2D eigenvalue weighted by atomic mass is 16.5. The summed E-state index contributed by atoms with van der Waals surface area (Å²) in [6.45, 7) is 0.721. The second kappa shape index (κ2) is 15.3. The van der Waals surface area contributed by atoms with Gasteiger partial charge in [0.15, 0.2) is 0 Å². The lowest BCUT2D eigenvalue weighted by atomic mass is 10.1. The van der Waals surface area contributed by atoms with E-state index in [-0.39, 0.29) is 11.9 Å². The van der Waals surface area contributed by atoms with Crippen molar-refractivity contribution in [1.29, 1.82) is 0 Å². The zero-order valence-corrected chi connectivity index (χ0v) is 17.9. The van der Waals surface area contributed by atoms with Crippen LogP contribution in [0.2, 0.25) is 0 Å². The molecule has 0 heterocycles. The van der Waals surface area contributed by atoms with Crippen molar-refractivity contribution in [2.24, 2.45) is 0 Å². The van der Waals surface area contributed by atoms with Gasteiger partial charge >= 0.3 is 11.9 Å². The lowest BCUT2D eigenvalue weighted by Crippen LogP contribution is -2.04. The number of carbonyl (C=O) groups is 2. The van der Waals surface area contributed by atoms with Gasteiger partial charge in [0.2, 0.25) is 0 Å². The summed E-state index contributed by atoms with van der Waals surface area (Å²) in [4.78, 5) is 23.5. The van der Waals surface area contributed by atoms with E-state index in [1.54, 1.807) is 0 Å². The zero-order chi connectivity index (χ0) is 21.3. The summed E-state index contributed by atoms with van der Waals surface area (Å²) in [5.74, 6) is -0.226. The number of unbranched alkanes of at least 4 members (excludes halogenated alkanes) is 7. The zero-order valence-electron chi connectivity index (χ0n) is 17.9. The SMILES string of the molecule is O=C(CCCCCCCCCCC(=O)OCc1ccccc1)OCc1ccccc1. The van der Waals surface area contributed by atoms with Crippen LogP contribution in [-0.2, 0) is 32.3 Å². The first-order valence-electron chi connectivity index (χ1n) is 11.1. The van der Waals surface area contributed by atoms with Crippen LogP contribution in [0.3, 0.4) is 0 Å². The van der Waals surface area contributed by atoms with Crippen molar-refractivity contribution in [2.75, 3.05) is 0 Å². The first-order valence-corrected chi connectivity index (χ1v) is 11.1. The molecule has 0 radical (unpaired) electrons. The molecule has 4 heteroatoms. The Bertz CT molecular complexity index is 649. The lowest BCUT2D eigenvalue weighted by molar-refractivity contribution is -0.146. The minimum atomic E-state index is -0.113. The number of benzene rings is 2. The summed E-state index contributed by atoms with van der Waals surface area (Å²) in [6, 6.07) is 19.5. The number of carbonyl (C=O) groups excluding carboxylic acids is 2. The Hall–Kier alpha value is -2.62. The molecule has 0 bridgehead atoms. The number of esters is 2. The highest BCUT2D eigenvalue weighted by Gasteiger charge is 2.04. The minimum Gasteiger partial charge on any atom is -0.461 e. The van der Waals surface area contributed by atoms with Crippen LogP contribution in [0.15, 0.2) is 60.7 Å². The summed E-state index contributed by atoms with van der Waals surface area (Å²) in [6.07, 6.45) is 9.54. The molecule has 0 saturated heterocycles. The van der Waals surface area contributed by atoms with Crippen molar-refractivity contribution >= 4 is 11.9 Å². The van der Waals surface area contributed by atoms with Gasteiger partial charge in [-0.05, 0) is 24.0 Å². The molecule has 0 amide bonds. The molecule has 0 aliphatic carbocycles. The molecule has 4 nitrogen and oxygen atoms in total. The number of rotatable bonds is 15. The van der Waals surface area contributed by atoms with Crippen molar-refractivity contribution in [3.63, 3.8) is 0 Å². The van der Waals surface area contributed by atoms with Crippen molar-refractivity contribution < 1.29 is 19.1 Å². The van der Waals surface area contributed by atoms with Crippen LogP contribution in [0.25, 0.3) is 0 Å². The van der Waals surface area contributed by atoms with E-state index in [4.69, 9.17) is 9.47 Å². The standard InChI is InChI=1S/C26H34O4/c27-25(29-21-23-15-9-7-10-16-23)19-13-5-3-1-2-4-6-14-20-26(28)30-22-24-17-11-8-12-18-24/h7-12,15-18H,1-6,13-14,19-22H2. The van der Waals surface area contributed by atoms with E-state index in [1.165, 1.54) is 12.8 Å². The van der Waals surface area contributed by atoms with E-state index in [9.17, 15) is 9.59 Å². The van der Waals surface area contributed by atoms with Crippen LogP contribution in [0.5, 0.6) is 0 Å². The first-order chi connectivity index (χ1) is 14.7. The molecule has 0 N–H and O–H groups in total. The summed E-state index contributed by atoms with van der Waals surface area (Å²) in [5.41, 5.74) is 2.05. The molecule has 30 heavy (non-hydrogen) atoms. The van der Waals surface area contributed by atoms with Crippen molar-refractivity contribution in [2.45, 2.75) is 77.4 Å². The quantitative estimate of drug-likeness (QED) is 0.253. The van der Waals surface area contributed by atoms with Crippen molar-refractivity contribution in [1.82, 2.24) is 0 Å². The van der Waals surface area contributed by atoms with E-state index in [2.05, 4.69) is 0 Å². The number of ether oxygens (including phenoxy) is 2. The average molecular weight is 411 g/mol. The summed E-state index contributed by atoms with van der Waals surface area (Å²) in [5, 5.41) is 0.